The van der Waals surface area contributed by atoms with Gasteiger partial charge in [0.1, 0.15) is 5.57 Å². The molecule has 0 bridgehead atoms. The molecule has 1 aromatic rings. The Bertz CT molecular complexity index is 660. The molecule has 122 valence electrons. The summed E-state index contributed by atoms with van der Waals surface area (Å²) in [6, 6.07) is 5.21. The fourth-order valence-electron chi connectivity index (χ4n) is 1.53. The summed E-state index contributed by atoms with van der Waals surface area (Å²) in [6.07, 6.45) is -1.35. The number of aliphatic imine (C=N–C) groups is 1. The van der Waals surface area contributed by atoms with Gasteiger partial charge in [-0.2, -0.15) is 0 Å². The van der Waals surface area contributed by atoms with Gasteiger partial charge in [0.15, 0.2) is 6.10 Å². The summed E-state index contributed by atoms with van der Waals surface area (Å²) in [6.45, 7) is 0. The molecule has 1 unspecified atom stereocenters. The molecule has 9 heteroatoms. The number of benzene rings is 1. The van der Waals surface area contributed by atoms with E-state index in [4.69, 9.17) is 4.74 Å². The van der Waals surface area contributed by atoms with Crippen LogP contribution in [0.15, 0.2) is 34.8 Å². The first-order valence-corrected chi connectivity index (χ1v) is 6.21. The van der Waals surface area contributed by atoms with Crippen LogP contribution in [0.5, 0.6) is 0 Å². The summed E-state index contributed by atoms with van der Waals surface area (Å²) in [7, 11) is 3.47. The van der Waals surface area contributed by atoms with Gasteiger partial charge in [0, 0.05) is 25.1 Å². The number of non-ortho nitro benzene ring substituents is 1. The lowest BCUT2D eigenvalue weighted by Crippen LogP contribution is -2.31. The number of nitro groups is 1. The van der Waals surface area contributed by atoms with Gasteiger partial charge >= 0.3 is 11.9 Å². The Kier molecular flexibility index (Phi) is 6.60. The number of hydrogen-bond donors (Lipinski definition) is 0. The van der Waals surface area contributed by atoms with Gasteiger partial charge in [-0.15, -0.1) is 0 Å². The molecular weight excluding hydrogens is 308 g/mol. The molecule has 9 nitrogen and oxygen atoms in total. The van der Waals surface area contributed by atoms with Crippen molar-refractivity contribution in [2.45, 2.75) is 6.10 Å². The summed E-state index contributed by atoms with van der Waals surface area (Å²) >= 11 is 0. The summed E-state index contributed by atoms with van der Waals surface area (Å²) in [5.74, 6) is 0.685. The van der Waals surface area contributed by atoms with Crippen LogP contribution in [0, 0.1) is 10.1 Å². The first-order chi connectivity index (χ1) is 10.9. The molecule has 1 aromatic carbocycles. The lowest BCUT2D eigenvalue weighted by molar-refractivity contribution is -0.384. The van der Waals surface area contributed by atoms with E-state index in [1.165, 1.54) is 31.4 Å². The average Bonchev–Trinajstić information content (AvgIpc) is 2.57. The molecule has 1 rings (SSSR count). The molecule has 0 amide bonds. The molecule has 0 aromatic heterocycles. The lowest BCUT2D eigenvalue weighted by Gasteiger charge is -2.12. The van der Waals surface area contributed by atoms with Crippen LogP contribution < -0.4 is 0 Å². The van der Waals surface area contributed by atoms with E-state index in [0.717, 1.165) is 14.2 Å². The van der Waals surface area contributed by atoms with Gasteiger partial charge < -0.3 is 14.2 Å². The fraction of sp³-hybridized carbons (Fsp3) is 0.286. The van der Waals surface area contributed by atoms with Crippen LogP contribution in [0.3, 0.4) is 0 Å². The Morgan fingerprint density at radius 1 is 1.17 bits per heavy atom. The highest BCUT2D eigenvalue weighted by atomic mass is 16.6. The highest BCUT2D eigenvalue weighted by Crippen LogP contribution is 2.17. The topological polar surface area (TPSA) is 117 Å². The zero-order valence-corrected chi connectivity index (χ0v) is 12.6. The summed E-state index contributed by atoms with van der Waals surface area (Å²) in [4.78, 5) is 37.2. The predicted molar refractivity (Wildman–Crippen MR) is 78.5 cm³/mol. The van der Waals surface area contributed by atoms with Gasteiger partial charge in [-0.25, -0.2) is 14.6 Å². The number of carbonyl (C=O) groups excluding carboxylic acids is 2. The van der Waals surface area contributed by atoms with E-state index >= 15 is 0 Å². The highest BCUT2D eigenvalue weighted by Gasteiger charge is 2.29. The molecule has 0 saturated heterocycles. The number of rotatable bonds is 6. The molecule has 0 saturated carbocycles. The van der Waals surface area contributed by atoms with Crippen molar-refractivity contribution in [3.05, 3.63) is 40.0 Å². The van der Waals surface area contributed by atoms with Crippen molar-refractivity contribution < 1.29 is 28.7 Å². The zero-order valence-electron chi connectivity index (χ0n) is 12.6. The number of nitro benzene ring substituents is 1. The molecule has 23 heavy (non-hydrogen) atoms. The van der Waals surface area contributed by atoms with Crippen molar-refractivity contribution in [3.8, 4) is 0 Å². The Balaban J connectivity index is 3.24. The van der Waals surface area contributed by atoms with E-state index in [1.54, 1.807) is 0 Å². The number of esters is 2. The molecule has 0 aliphatic carbocycles. The highest BCUT2D eigenvalue weighted by molar-refractivity contribution is 6.04. The molecule has 0 heterocycles. The Morgan fingerprint density at radius 3 is 2.22 bits per heavy atom. The van der Waals surface area contributed by atoms with Gasteiger partial charge in [-0.1, -0.05) is 0 Å². The Labute approximate surface area is 131 Å². The molecular formula is C14H14N2O7. The van der Waals surface area contributed by atoms with E-state index in [9.17, 15) is 19.7 Å². The van der Waals surface area contributed by atoms with Crippen LogP contribution >= 0.6 is 0 Å². The summed E-state index contributed by atoms with van der Waals surface area (Å²) < 4.78 is 14.0. The number of nitrogens with zero attached hydrogens (tertiary/aromatic N) is 2. The number of hydrogen-bond acceptors (Lipinski definition) is 8. The van der Waals surface area contributed by atoms with E-state index in [-0.39, 0.29) is 16.9 Å². The zero-order chi connectivity index (χ0) is 17.4. The molecule has 0 radical (unpaired) electrons. The first-order valence-electron chi connectivity index (χ1n) is 6.21. The van der Waals surface area contributed by atoms with E-state index in [1.807, 2.05) is 0 Å². The van der Waals surface area contributed by atoms with Gasteiger partial charge in [0.25, 0.3) is 5.69 Å². The second-order valence-electron chi connectivity index (χ2n) is 4.04. The molecule has 0 spiro atoms. The Morgan fingerprint density at radius 2 is 1.78 bits per heavy atom. The quantitative estimate of drug-likeness (QED) is 0.254. The largest absolute Gasteiger partial charge is 0.467 e. The first kappa shape index (κ1) is 18.0. The molecule has 1 atom stereocenters. The molecule has 0 N–H and O–H groups in total. The molecule has 0 aliphatic rings. The van der Waals surface area contributed by atoms with Crippen molar-refractivity contribution in [1.29, 1.82) is 0 Å². The van der Waals surface area contributed by atoms with Gasteiger partial charge in [0.2, 0.25) is 0 Å². The third-order valence-electron chi connectivity index (χ3n) is 2.68. The fourth-order valence-corrected chi connectivity index (χ4v) is 1.53. The minimum atomic E-state index is -1.35. The summed E-state index contributed by atoms with van der Waals surface area (Å²) in [5, 5.41) is 10.6. The average molecular weight is 322 g/mol. The van der Waals surface area contributed by atoms with Crippen molar-refractivity contribution in [2.24, 2.45) is 4.99 Å². The van der Waals surface area contributed by atoms with Crippen LogP contribution in [-0.4, -0.2) is 50.2 Å². The van der Waals surface area contributed by atoms with Crippen LogP contribution in [0.25, 0.3) is 0 Å². The van der Waals surface area contributed by atoms with E-state index < -0.39 is 23.0 Å². The Hall–Kier alpha value is -3.03. The van der Waals surface area contributed by atoms with E-state index in [2.05, 4.69) is 20.3 Å². The standard InChI is InChI=1S/C14H14N2O7/c1-21-12(14(18)23-3)11(13(17)22-2)8-15-9-4-6-10(7-5-9)16(19)20/h4-7,12H,1-3H3. The minimum absolute atomic E-state index is 0.106. The predicted octanol–water partition coefficient (Wildman–Crippen LogP) is 1.18. The number of methoxy groups -OCH3 is 3. The maximum Gasteiger partial charge on any atom is 0.346 e. The van der Waals surface area contributed by atoms with E-state index in [0.29, 0.717) is 0 Å². The monoisotopic (exact) mass is 322 g/mol. The van der Waals surface area contributed by atoms with Crippen LogP contribution in [0.1, 0.15) is 0 Å². The SMILES string of the molecule is COC(=O)C(=C=Nc1ccc([N+](=O)[O-])cc1)C(OC)C(=O)OC. The third-order valence-corrected chi connectivity index (χ3v) is 2.68. The van der Waals surface area contributed by atoms with Crippen LogP contribution in [-0.2, 0) is 23.8 Å². The number of carbonyl (C=O) groups is 2. The van der Waals surface area contributed by atoms with Crippen molar-refractivity contribution >= 4 is 29.2 Å². The third kappa shape index (κ3) is 4.73. The maximum absolute atomic E-state index is 11.7. The van der Waals surface area contributed by atoms with Crippen LogP contribution in [0.4, 0.5) is 11.4 Å². The van der Waals surface area contributed by atoms with Gasteiger partial charge in [-0.3, -0.25) is 10.1 Å². The number of ether oxygens (including phenoxy) is 3. The second kappa shape index (κ2) is 8.42. The molecule has 0 aliphatic heterocycles. The molecule has 0 fully saturated rings. The van der Waals surface area contributed by atoms with Gasteiger partial charge in [0.05, 0.1) is 24.8 Å². The normalized spacial score (nSPS) is 10.9. The lowest BCUT2D eigenvalue weighted by atomic mass is 10.1. The smallest absolute Gasteiger partial charge is 0.346 e. The van der Waals surface area contributed by atoms with Crippen molar-refractivity contribution in [3.63, 3.8) is 0 Å². The minimum Gasteiger partial charge on any atom is -0.467 e. The summed E-state index contributed by atoms with van der Waals surface area (Å²) in [5.41, 5.74) is -0.109. The van der Waals surface area contributed by atoms with Crippen molar-refractivity contribution in [2.75, 3.05) is 21.3 Å². The maximum atomic E-state index is 11.7. The second-order valence-corrected chi connectivity index (χ2v) is 4.04. The van der Waals surface area contributed by atoms with Crippen molar-refractivity contribution in [1.82, 2.24) is 0 Å². The van der Waals surface area contributed by atoms with Crippen LogP contribution in [0.2, 0.25) is 0 Å². The van der Waals surface area contributed by atoms with Gasteiger partial charge in [-0.05, 0) is 12.1 Å².